The van der Waals surface area contributed by atoms with Gasteiger partial charge >= 0.3 is 0 Å². The molecule has 0 N–H and O–H groups in total. The summed E-state index contributed by atoms with van der Waals surface area (Å²) in [4.78, 5) is 11.0. The lowest BCUT2D eigenvalue weighted by molar-refractivity contribution is -0.124. The number of Topliss-reactive ketones (excluding diaryl/α,β-unsaturated/α-hetero) is 1. The van der Waals surface area contributed by atoms with Gasteiger partial charge < -0.3 is 0 Å². The minimum Gasteiger partial charge on any atom is -0.299 e. The van der Waals surface area contributed by atoms with Crippen LogP contribution in [0.2, 0.25) is 0 Å². The summed E-state index contributed by atoms with van der Waals surface area (Å²) in [6.45, 7) is 2.11. The van der Waals surface area contributed by atoms with E-state index in [0.717, 1.165) is 25.7 Å². The molecule has 0 saturated heterocycles. The minimum absolute atomic E-state index is 0.416. The molecule has 0 aromatic rings. The molecule has 0 bridgehead atoms. The average molecular weight is 126 g/mol. The molecule has 1 saturated carbocycles. The third kappa shape index (κ3) is 1.54. The normalized spacial score (nSPS) is 28.6. The van der Waals surface area contributed by atoms with Gasteiger partial charge in [0.15, 0.2) is 0 Å². The van der Waals surface area contributed by atoms with Gasteiger partial charge in [0.2, 0.25) is 0 Å². The van der Waals surface area contributed by atoms with Crippen molar-refractivity contribution in [1.82, 2.24) is 0 Å². The van der Waals surface area contributed by atoms with Gasteiger partial charge in [0.05, 0.1) is 0 Å². The van der Waals surface area contributed by atoms with Crippen LogP contribution in [0.5, 0.6) is 0 Å². The van der Waals surface area contributed by atoms with Crippen LogP contribution in [0.1, 0.15) is 39.0 Å². The molecule has 0 unspecified atom stereocenters. The average Bonchev–Trinajstić information content (AvgIpc) is 1.89. The van der Waals surface area contributed by atoms with Crippen LogP contribution in [0.3, 0.4) is 0 Å². The maximum absolute atomic E-state index is 11.0. The van der Waals surface area contributed by atoms with Gasteiger partial charge in [-0.05, 0) is 19.3 Å². The van der Waals surface area contributed by atoms with Gasteiger partial charge in [0, 0.05) is 12.3 Å². The third-order valence-electron chi connectivity index (χ3n) is 2.17. The van der Waals surface area contributed by atoms with E-state index in [1.165, 1.54) is 6.42 Å². The second-order valence-electron chi connectivity index (χ2n) is 2.82. The summed E-state index contributed by atoms with van der Waals surface area (Å²) >= 11 is 0. The van der Waals surface area contributed by atoms with Crippen molar-refractivity contribution in [3.63, 3.8) is 0 Å². The predicted molar refractivity (Wildman–Crippen MR) is 37.3 cm³/mol. The number of ketones is 1. The van der Waals surface area contributed by atoms with E-state index in [1.54, 1.807) is 0 Å². The lowest BCUT2D eigenvalue weighted by atomic mass is 9.86. The second-order valence-corrected chi connectivity index (χ2v) is 2.82. The van der Waals surface area contributed by atoms with Crippen LogP contribution in [0.15, 0.2) is 0 Å². The zero-order valence-electron chi connectivity index (χ0n) is 6.02. The smallest absolute Gasteiger partial charge is 0.135 e. The van der Waals surface area contributed by atoms with Crippen LogP contribution >= 0.6 is 0 Å². The van der Waals surface area contributed by atoms with Gasteiger partial charge in [-0.1, -0.05) is 13.3 Å². The summed E-state index contributed by atoms with van der Waals surface area (Å²) < 4.78 is 0. The van der Waals surface area contributed by atoms with E-state index >= 15 is 0 Å². The van der Waals surface area contributed by atoms with Gasteiger partial charge in [-0.3, -0.25) is 4.79 Å². The molecule has 9 heavy (non-hydrogen) atoms. The summed E-state index contributed by atoms with van der Waals surface area (Å²) in [6, 6.07) is 0. The number of carbonyl (C=O) groups is 1. The SMILES string of the molecule is CC[C@H]1CCCCC1=O. The molecular formula is C8H14O. The van der Waals surface area contributed by atoms with Crippen molar-refractivity contribution in [3.8, 4) is 0 Å². The highest BCUT2D eigenvalue weighted by molar-refractivity contribution is 5.81. The molecule has 0 amide bonds. The molecule has 1 aliphatic rings. The van der Waals surface area contributed by atoms with Crippen LogP contribution in [0.4, 0.5) is 0 Å². The Morgan fingerprint density at radius 2 is 2.33 bits per heavy atom. The quantitative estimate of drug-likeness (QED) is 0.526. The Hall–Kier alpha value is -0.330. The maximum atomic E-state index is 11.0. The molecule has 0 heterocycles. The monoisotopic (exact) mass is 126 g/mol. The Bertz CT molecular complexity index is 107. The summed E-state index contributed by atoms with van der Waals surface area (Å²) in [6.07, 6.45) is 5.45. The van der Waals surface area contributed by atoms with E-state index < -0.39 is 0 Å². The topological polar surface area (TPSA) is 17.1 Å². The molecule has 1 atom stereocenters. The van der Waals surface area contributed by atoms with E-state index in [1.807, 2.05) is 0 Å². The highest BCUT2D eigenvalue weighted by Crippen LogP contribution is 2.22. The molecule has 1 aliphatic carbocycles. The molecule has 0 aromatic heterocycles. The van der Waals surface area contributed by atoms with E-state index in [-0.39, 0.29) is 0 Å². The first-order valence-corrected chi connectivity index (χ1v) is 3.87. The van der Waals surface area contributed by atoms with Crippen molar-refractivity contribution in [1.29, 1.82) is 0 Å². The van der Waals surface area contributed by atoms with Crippen molar-refractivity contribution in [2.75, 3.05) is 0 Å². The van der Waals surface area contributed by atoms with Gasteiger partial charge in [-0.2, -0.15) is 0 Å². The van der Waals surface area contributed by atoms with Crippen LogP contribution in [0.25, 0.3) is 0 Å². The van der Waals surface area contributed by atoms with Crippen molar-refractivity contribution in [3.05, 3.63) is 0 Å². The summed E-state index contributed by atoms with van der Waals surface area (Å²) in [5.74, 6) is 0.919. The third-order valence-corrected chi connectivity index (χ3v) is 2.17. The Morgan fingerprint density at radius 3 is 2.78 bits per heavy atom. The van der Waals surface area contributed by atoms with Crippen molar-refractivity contribution in [2.45, 2.75) is 39.0 Å². The highest BCUT2D eigenvalue weighted by atomic mass is 16.1. The first kappa shape index (κ1) is 6.79. The first-order valence-electron chi connectivity index (χ1n) is 3.87. The molecule has 0 aromatic carbocycles. The van der Waals surface area contributed by atoms with E-state index in [4.69, 9.17) is 0 Å². The first-order chi connectivity index (χ1) is 4.34. The number of hydrogen-bond acceptors (Lipinski definition) is 1. The molecule has 52 valence electrons. The highest BCUT2D eigenvalue weighted by Gasteiger charge is 2.19. The fraction of sp³-hybridized carbons (Fsp3) is 0.875. The Morgan fingerprint density at radius 1 is 1.56 bits per heavy atom. The van der Waals surface area contributed by atoms with Gasteiger partial charge in [0.25, 0.3) is 0 Å². The van der Waals surface area contributed by atoms with Gasteiger partial charge in [0.1, 0.15) is 5.78 Å². The Kier molecular flexibility index (Phi) is 2.26. The van der Waals surface area contributed by atoms with Gasteiger partial charge in [-0.15, -0.1) is 0 Å². The number of rotatable bonds is 1. The molecular weight excluding hydrogens is 112 g/mol. The fourth-order valence-corrected chi connectivity index (χ4v) is 1.49. The lowest BCUT2D eigenvalue weighted by Crippen LogP contribution is -2.17. The van der Waals surface area contributed by atoms with Crippen LogP contribution < -0.4 is 0 Å². The zero-order valence-corrected chi connectivity index (χ0v) is 6.02. The van der Waals surface area contributed by atoms with E-state index in [9.17, 15) is 4.79 Å². The lowest BCUT2D eigenvalue weighted by Gasteiger charge is -2.17. The maximum Gasteiger partial charge on any atom is 0.135 e. The van der Waals surface area contributed by atoms with Crippen molar-refractivity contribution < 1.29 is 4.79 Å². The molecule has 1 rings (SSSR count). The standard InChI is InChI=1S/C8H14O/c1-2-7-5-3-4-6-8(7)9/h7H,2-6H2,1H3/t7-/m0/s1. The molecule has 1 fully saturated rings. The summed E-state index contributed by atoms with van der Waals surface area (Å²) in [5.41, 5.74) is 0. The molecule has 1 nitrogen and oxygen atoms in total. The van der Waals surface area contributed by atoms with Crippen LogP contribution in [-0.4, -0.2) is 5.78 Å². The van der Waals surface area contributed by atoms with E-state index in [0.29, 0.717) is 11.7 Å². The number of carbonyl (C=O) groups excluding carboxylic acids is 1. The molecule has 0 radical (unpaired) electrons. The van der Waals surface area contributed by atoms with Crippen LogP contribution in [0, 0.1) is 5.92 Å². The second kappa shape index (κ2) is 3.00. The van der Waals surface area contributed by atoms with Crippen molar-refractivity contribution >= 4 is 5.78 Å². The Balaban J connectivity index is 2.39. The Labute approximate surface area is 56.4 Å². The largest absolute Gasteiger partial charge is 0.299 e. The summed E-state index contributed by atoms with van der Waals surface area (Å²) in [7, 11) is 0. The van der Waals surface area contributed by atoms with E-state index in [2.05, 4.69) is 6.92 Å². The predicted octanol–water partition coefficient (Wildman–Crippen LogP) is 2.16. The summed E-state index contributed by atoms with van der Waals surface area (Å²) in [5, 5.41) is 0. The minimum atomic E-state index is 0.416. The molecule has 1 heteroatoms. The van der Waals surface area contributed by atoms with Gasteiger partial charge in [-0.25, -0.2) is 0 Å². The van der Waals surface area contributed by atoms with Crippen molar-refractivity contribution in [2.24, 2.45) is 5.92 Å². The molecule has 0 spiro atoms. The zero-order chi connectivity index (χ0) is 6.69. The number of hydrogen-bond donors (Lipinski definition) is 0. The fourth-order valence-electron chi connectivity index (χ4n) is 1.49. The van der Waals surface area contributed by atoms with Crippen LogP contribution in [-0.2, 0) is 4.79 Å². The molecule has 0 aliphatic heterocycles.